The third-order valence-electron chi connectivity index (χ3n) is 2.31. The van der Waals surface area contributed by atoms with Gasteiger partial charge in [-0.05, 0) is 19.3 Å². The number of esters is 1. The lowest BCUT2D eigenvalue weighted by Crippen LogP contribution is -2.47. The molecule has 2 N–H and O–H groups in total. The molecule has 0 bridgehead atoms. The van der Waals surface area contributed by atoms with Gasteiger partial charge in [-0.3, -0.25) is 9.59 Å². The lowest BCUT2D eigenvalue weighted by molar-refractivity contribution is -0.141. The summed E-state index contributed by atoms with van der Waals surface area (Å²) < 4.78 is 29.8. The monoisotopic (exact) mass is 281 g/mol. The molecule has 106 valence electrons. The second-order valence-corrected chi connectivity index (χ2v) is 6.38. The summed E-state index contributed by atoms with van der Waals surface area (Å²) in [6.45, 7) is 4.68. The summed E-state index contributed by atoms with van der Waals surface area (Å²) in [6.07, 6.45) is 0.141. The first-order valence-electron chi connectivity index (χ1n) is 5.43. The van der Waals surface area contributed by atoms with Gasteiger partial charge in [0.2, 0.25) is 10.0 Å². The Kier molecular flexibility index (Phi) is 6.27. The van der Waals surface area contributed by atoms with Crippen LogP contribution < -0.4 is 4.72 Å². The number of hydrogen-bond acceptors (Lipinski definition) is 5. The van der Waals surface area contributed by atoms with E-state index in [9.17, 15) is 18.0 Å². The van der Waals surface area contributed by atoms with Crippen LogP contribution in [-0.2, 0) is 24.3 Å². The van der Waals surface area contributed by atoms with Gasteiger partial charge in [0.1, 0.15) is 6.04 Å². The molecule has 0 saturated carbocycles. The molecule has 2 unspecified atom stereocenters. The second-order valence-electron chi connectivity index (χ2n) is 4.35. The molecular formula is C10H19NO6S. The molecule has 0 amide bonds. The van der Waals surface area contributed by atoms with Crippen molar-refractivity contribution in [3.8, 4) is 0 Å². The number of hydrogen-bond donors (Lipinski definition) is 2. The largest absolute Gasteiger partial charge is 0.480 e. The van der Waals surface area contributed by atoms with Gasteiger partial charge in [0.15, 0.2) is 5.25 Å². The van der Waals surface area contributed by atoms with Gasteiger partial charge in [-0.15, -0.1) is 0 Å². The highest BCUT2D eigenvalue weighted by Crippen LogP contribution is 2.09. The highest BCUT2D eigenvalue weighted by molar-refractivity contribution is 7.90. The van der Waals surface area contributed by atoms with Crippen LogP contribution in [0.1, 0.15) is 27.2 Å². The third kappa shape index (κ3) is 5.01. The van der Waals surface area contributed by atoms with Crippen molar-refractivity contribution in [3.63, 3.8) is 0 Å². The Morgan fingerprint density at radius 2 is 1.78 bits per heavy atom. The van der Waals surface area contributed by atoms with Crippen LogP contribution in [0.5, 0.6) is 0 Å². The van der Waals surface area contributed by atoms with E-state index < -0.39 is 33.3 Å². The van der Waals surface area contributed by atoms with E-state index in [1.807, 2.05) is 4.72 Å². The molecule has 0 rings (SSSR count). The van der Waals surface area contributed by atoms with Crippen LogP contribution in [0.3, 0.4) is 0 Å². The molecule has 0 aromatic carbocycles. The first-order chi connectivity index (χ1) is 8.11. The maximum absolute atomic E-state index is 11.8. The molecule has 2 atom stereocenters. The Hall–Kier alpha value is -1.15. The number of carboxylic acid groups (broad SMARTS) is 1. The highest BCUT2D eigenvalue weighted by atomic mass is 32.2. The summed E-state index contributed by atoms with van der Waals surface area (Å²) in [5, 5.41) is 7.47. The normalized spacial score (nSPS) is 15.2. The van der Waals surface area contributed by atoms with Gasteiger partial charge in [-0.25, -0.2) is 13.1 Å². The Bertz CT molecular complexity index is 403. The second kappa shape index (κ2) is 6.69. The number of carboxylic acids is 1. The zero-order chi connectivity index (χ0) is 14.5. The first kappa shape index (κ1) is 16.9. The molecule has 0 aromatic rings. The van der Waals surface area contributed by atoms with E-state index in [0.29, 0.717) is 0 Å². The Balaban J connectivity index is 4.92. The third-order valence-corrected chi connectivity index (χ3v) is 4.05. The molecule has 18 heavy (non-hydrogen) atoms. The predicted octanol–water partition coefficient (Wildman–Crippen LogP) is -0.0334. The van der Waals surface area contributed by atoms with Crippen LogP contribution in [-0.4, -0.2) is 43.9 Å². The van der Waals surface area contributed by atoms with Gasteiger partial charge in [0.05, 0.1) is 7.11 Å². The molecule has 0 aromatic heterocycles. The van der Waals surface area contributed by atoms with Crippen molar-refractivity contribution in [2.45, 2.75) is 38.5 Å². The van der Waals surface area contributed by atoms with Gasteiger partial charge in [-0.1, -0.05) is 13.8 Å². The molecule has 0 aliphatic carbocycles. The number of aliphatic carboxylic acids is 1. The van der Waals surface area contributed by atoms with E-state index in [1.165, 1.54) is 0 Å². The number of ether oxygens (including phenoxy) is 1. The summed E-state index contributed by atoms with van der Waals surface area (Å²) in [7, 11) is -3.00. The van der Waals surface area contributed by atoms with Crippen molar-refractivity contribution in [1.29, 1.82) is 0 Å². The van der Waals surface area contributed by atoms with Gasteiger partial charge >= 0.3 is 11.9 Å². The Labute approximate surface area is 107 Å². The first-order valence-corrected chi connectivity index (χ1v) is 6.98. The standard InChI is InChI=1S/C10H19NO6S/c1-6(2)5-8(9(12)13)11-18(15,16)7(3)10(14)17-4/h6-8,11H,5H2,1-4H3,(H,12,13). The number of carbonyl (C=O) groups excluding carboxylic acids is 1. The van der Waals surface area contributed by atoms with E-state index in [1.54, 1.807) is 13.8 Å². The summed E-state index contributed by atoms with van der Waals surface area (Å²) >= 11 is 0. The summed E-state index contributed by atoms with van der Waals surface area (Å²) in [6, 6.07) is -1.25. The lowest BCUT2D eigenvalue weighted by atomic mass is 10.1. The van der Waals surface area contributed by atoms with Gasteiger partial charge in [-0.2, -0.15) is 0 Å². The molecule has 0 heterocycles. The van der Waals surface area contributed by atoms with Crippen molar-refractivity contribution < 1.29 is 27.9 Å². The predicted molar refractivity (Wildman–Crippen MR) is 64.4 cm³/mol. The van der Waals surface area contributed by atoms with E-state index in [4.69, 9.17) is 5.11 Å². The smallest absolute Gasteiger partial charge is 0.325 e. The topological polar surface area (TPSA) is 110 Å². The number of sulfonamides is 1. The van der Waals surface area contributed by atoms with E-state index in [2.05, 4.69) is 4.74 Å². The lowest BCUT2D eigenvalue weighted by Gasteiger charge is -2.18. The fourth-order valence-electron chi connectivity index (χ4n) is 1.26. The number of rotatable bonds is 7. The summed E-state index contributed by atoms with van der Waals surface area (Å²) in [4.78, 5) is 22.1. The molecule has 8 heteroatoms. The summed E-state index contributed by atoms with van der Waals surface area (Å²) in [5.74, 6) is -2.21. The van der Waals surface area contributed by atoms with Crippen LogP contribution in [0, 0.1) is 5.92 Å². The molecule has 0 radical (unpaired) electrons. The molecule has 0 spiro atoms. The highest BCUT2D eigenvalue weighted by Gasteiger charge is 2.33. The number of methoxy groups -OCH3 is 1. The average Bonchev–Trinajstić information content (AvgIpc) is 2.24. The molecule has 0 fully saturated rings. The van der Waals surface area contributed by atoms with Crippen LogP contribution in [0.15, 0.2) is 0 Å². The molecular weight excluding hydrogens is 262 g/mol. The van der Waals surface area contributed by atoms with Crippen molar-refractivity contribution in [3.05, 3.63) is 0 Å². The maximum atomic E-state index is 11.8. The molecule has 0 aliphatic rings. The maximum Gasteiger partial charge on any atom is 0.325 e. The zero-order valence-electron chi connectivity index (χ0n) is 10.8. The van der Waals surface area contributed by atoms with Crippen molar-refractivity contribution >= 4 is 22.0 Å². The van der Waals surface area contributed by atoms with Crippen molar-refractivity contribution in [1.82, 2.24) is 4.72 Å². The average molecular weight is 281 g/mol. The van der Waals surface area contributed by atoms with E-state index >= 15 is 0 Å². The zero-order valence-corrected chi connectivity index (χ0v) is 11.7. The van der Waals surface area contributed by atoms with Crippen LogP contribution >= 0.6 is 0 Å². The van der Waals surface area contributed by atoms with Gasteiger partial charge in [0.25, 0.3) is 0 Å². The minimum atomic E-state index is -4.07. The minimum Gasteiger partial charge on any atom is -0.480 e. The number of carbonyl (C=O) groups is 2. The quantitative estimate of drug-likeness (QED) is 0.634. The fraction of sp³-hybridized carbons (Fsp3) is 0.800. The van der Waals surface area contributed by atoms with Gasteiger partial charge < -0.3 is 9.84 Å². The molecule has 0 saturated heterocycles. The summed E-state index contributed by atoms with van der Waals surface area (Å²) in [5.41, 5.74) is 0. The molecule has 0 aliphatic heterocycles. The fourth-order valence-corrected chi connectivity index (χ4v) is 2.41. The van der Waals surface area contributed by atoms with Crippen LogP contribution in [0.2, 0.25) is 0 Å². The van der Waals surface area contributed by atoms with Crippen LogP contribution in [0.4, 0.5) is 0 Å². The van der Waals surface area contributed by atoms with Crippen molar-refractivity contribution in [2.75, 3.05) is 7.11 Å². The van der Waals surface area contributed by atoms with Gasteiger partial charge in [0, 0.05) is 0 Å². The van der Waals surface area contributed by atoms with Crippen molar-refractivity contribution in [2.24, 2.45) is 5.92 Å². The Morgan fingerprint density at radius 1 is 1.28 bits per heavy atom. The Morgan fingerprint density at radius 3 is 2.11 bits per heavy atom. The van der Waals surface area contributed by atoms with E-state index in [0.717, 1.165) is 14.0 Å². The number of nitrogens with one attached hydrogen (secondary N) is 1. The SMILES string of the molecule is COC(=O)C(C)S(=O)(=O)NC(CC(C)C)C(=O)O. The minimum absolute atomic E-state index is 0.00207. The van der Waals surface area contributed by atoms with Crippen LogP contribution in [0.25, 0.3) is 0 Å². The molecule has 7 nitrogen and oxygen atoms in total. The van der Waals surface area contributed by atoms with E-state index in [-0.39, 0.29) is 12.3 Å².